The van der Waals surface area contributed by atoms with Gasteiger partial charge in [-0.3, -0.25) is 4.79 Å². The van der Waals surface area contributed by atoms with Crippen LogP contribution in [0.25, 0.3) is 4.98 Å². The minimum atomic E-state index is -0.415. The van der Waals surface area contributed by atoms with E-state index in [9.17, 15) is 9.90 Å². The Kier molecular flexibility index (Phi) is 4.36. The Morgan fingerprint density at radius 1 is 1.50 bits per heavy atom. The highest BCUT2D eigenvalue weighted by molar-refractivity contribution is 6.00. The van der Waals surface area contributed by atoms with Gasteiger partial charge in [-0.1, -0.05) is 24.3 Å². The summed E-state index contributed by atoms with van der Waals surface area (Å²) in [6.07, 6.45) is 1.66. The molecule has 1 aliphatic carbocycles. The van der Waals surface area contributed by atoms with Crippen LogP contribution in [0, 0.1) is 11.3 Å². The molecule has 0 aromatic heterocycles. The van der Waals surface area contributed by atoms with Crippen LogP contribution in [-0.4, -0.2) is 17.5 Å². The summed E-state index contributed by atoms with van der Waals surface area (Å²) in [6.45, 7) is 1.99. The third kappa shape index (κ3) is 2.80. The van der Waals surface area contributed by atoms with Crippen LogP contribution in [0.5, 0.6) is 0 Å². The minimum absolute atomic E-state index is 0.0181. The van der Waals surface area contributed by atoms with Crippen LogP contribution in [0.1, 0.15) is 35.7 Å². The fourth-order valence-corrected chi connectivity index (χ4v) is 2.48. The standard InChI is InChI=1S/C15H16N2O3/c1-2-20-15(19)13(17-16)9-11-8-7-10-5-3-4-6-12(10)14(11)18/h3-6,11H,2,7-9H2,1H3/p+1/b15-13-. The monoisotopic (exact) mass is 273 g/mol. The van der Waals surface area contributed by atoms with Crippen LogP contribution in [0.2, 0.25) is 0 Å². The zero-order chi connectivity index (χ0) is 14.5. The van der Waals surface area contributed by atoms with Gasteiger partial charge in [0.1, 0.15) is 0 Å². The summed E-state index contributed by atoms with van der Waals surface area (Å²) < 4.78 is 4.91. The Morgan fingerprint density at radius 2 is 2.25 bits per heavy atom. The third-order valence-corrected chi connectivity index (χ3v) is 3.50. The zero-order valence-corrected chi connectivity index (χ0v) is 11.4. The van der Waals surface area contributed by atoms with E-state index in [1.807, 2.05) is 24.3 Å². The number of fused-ring (bicyclic) bond motifs is 1. The van der Waals surface area contributed by atoms with E-state index in [2.05, 4.69) is 4.98 Å². The molecule has 0 saturated heterocycles. The van der Waals surface area contributed by atoms with Crippen molar-refractivity contribution in [3.05, 3.63) is 52.0 Å². The number of aliphatic hydroxyl groups excluding tert-OH is 1. The Morgan fingerprint density at radius 3 is 2.95 bits per heavy atom. The van der Waals surface area contributed by atoms with Gasteiger partial charge in [0.05, 0.1) is 13.0 Å². The highest BCUT2D eigenvalue weighted by atomic mass is 16.6. The van der Waals surface area contributed by atoms with Gasteiger partial charge in [-0.25, -0.2) is 0 Å². The van der Waals surface area contributed by atoms with Crippen molar-refractivity contribution < 1.29 is 14.6 Å². The molecule has 0 fully saturated rings. The molecule has 0 aliphatic heterocycles. The summed E-state index contributed by atoms with van der Waals surface area (Å²) in [5, 5.41) is 18.6. The predicted molar refractivity (Wildman–Crippen MR) is 73.6 cm³/mol. The van der Waals surface area contributed by atoms with Crippen molar-refractivity contribution in [2.24, 2.45) is 5.92 Å². The number of aliphatic hydroxyl groups is 1. The summed E-state index contributed by atoms with van der Waals surface area (Å²) in [4.78, 5) is 15.4. The molecule has 2 rings (SSSR count). The molecule has 1 unspecified atom stereocenters. The Bertz CT molecular complexity index is 587. The van der Waals surface area contributed by atoms with E-state index >= 15 is 0 Å². The van der Waals surface area contributed by atoms with Gasteiger partial charge in [0, 0.05) is 11.5 Å². The Labute approximate surface area is 117 Å². The molecule has 0 radical (unpaired) electrons. The summed E-state index contributed by atoms with van der Waals surface area (Å²) in [5.74, 6) is -0.683. The van der Waals surface area contributed by atoms with Crippen molar-refractivity contribution in [3.8, 4) is 0 Å². The SMILES string of the molecule is CCO/C(O)=C(/CC1CCc2ccccc2C1=O)[N+]#N. The number of nitrogens with zero attached hydrogens (tertiary/aromatic N) is 2. The number of Topliss-reactive ketones (excluding diaryl/α,β-unsaturated/α-hetero) is 1. The van der Waals surface area contributed by atoms with E-state index in [1.54, 1.807) is 6.92 Å². The number of carbonyl (C=O) groups excluding carboxylic acids is 1. The molecule has 0 bridgehead atoms. The van der Waals surface area contributed by atoms with E-state index < -0.39 is 5.95 Å². The summed E-state index contributed by atoms with van der Waals surface area (Å²) in [7, 11) is 0. The zero-order valence-electron chi connectivity index (χ0n) is 11.4. The maximum absolute atomic E-state index is 12.4. The first-order valence-corrected chi connectivity index (χ1v) is 6.69. The van der Waals surface area contributed by atoms with Crippen molar-refractivity contribution in [1.82, 2.24) is 0 Å². The molecule has 1 atom stereocenters. The second-order valence-electron chi connectivity index (χ2n) is 4.75. The van der Waals surface area contributed by atoms with E-state index in [1.165, 1.54) is 0 Å². The van der Waals surface area contributed by atoms with Gasteiger partial charge in [-0.15, -0.1) is 0 Å². The highest BCUT2D eigenvalue weighted by Gasteiger charge is 2.33. The lowest BCUT2D eigenvalue weighted by Crippen LogP contribution is -2.23. The molecule has 1 N–H and O–H groups in total. The van der Waals surface area contributed by atoms with Gasteiger partial charge in [0.25, 0.3) is 0 Å². The van der Waals surface area contributed by atoms with Gasteiger partial charge in [-0.05, 0) is 25.3 Å². The second-order valence-corrected chi connectivity index (χ2v) is 4.75. The van der Waals surface area contributed by atoms with E-state index in [0.29, 0.717) is 6.42 Å². The summed E-state index contributed by atoms with van der Waals surface area (Å²) in [6, 6.07) is 7.52. The summed E-state index contributed by atoms with van der Waals surface area (Å²) in [5.41, 5.74) is 1.79. The minimum Gasteiger partial charge on any atom is -0.475 e. The van der Waals surface area contributed by atoms with Crippen molar-refractivity contribution in [2.75, 3.05) is 6.61 Å². The first kappa shape index (κ1) is 14.1. The first-order chi connectivity index (χ1) is 9.67. The number of hydrogen-bond acceptors (Lipinski definition) is 4. The first-order valence-electron chi connectivity index (χ1n) is 6.69. The number of aryl methyl sites for hydroxylation is 1. The van der Waals surface area contributed by atoms with Gasteiger partial charge in [0.15, 0.2) is 10.8 Å². The largest absolute Gasteiger partial charge is 0.475 e. The third-order valence-electron chi connectivity index (χ3n) is 3.50. The fraction of sp³-hybridized carbons (Fsp3) is 0.400. The number of rotatable bonds is 4. The number of ether oxygens (including phenoxy) is 1. The number of diazo groups is 1. The molecule has 5 heteroatoms. The second kappa shape index (κ2) is 6.20. The lowest BCUT2D eigenvalue weighted by molar-refractivity contribution is 0.0877. The molecule has 0 heterocycles. The van der Waals surface area contributed by atoms with Crippen LogP contribution in [0.3, 0.4) is 0 Å². The molecule has 1 aromatic carbocycles. The quantitative estimate of drug-likeness (QED) is 0.673. The molecule has 5 nitrogen and oxygen atoms in total. The Hall–Kier alpha value is -2.35. The average Bonchev–Trinajstić information content (AvgIpc) is 2.47. The predicted octanol–water partition coefficient (Wildman–Crippen LogP) is 3.44. The molecule has 1 aromatic rings. The topological polar surface area (TPSA) is 74.7 Å². The fourth-order valence-electron chi connectivity index (χ4n) is 2.48. The summed E-state index contributed by atoms with van der Waals surface area (Å²) >= 11 is 0. The lowest BCUT2D eigenvalue weighted by Gasteiger charge is -2.21. The molecular weight excluding hydrogens is 256 g/mol. The van der Waals surface area contributed by atoms with Crippen LogP contribution in [0.15, 0.2) is 35.9 Å². The van der Waals surface area contributed by atoms with Gasteiger partial charge in [0.2, 0.25) is 5.39 Å². The number of ketones is 1. The lowest BCUT2D eigenvalue weighted by atomic mass is 9.80. The maximum atomic E-state index is 12.4. The molecule has 0 spiro atoms. The Balaban J connectivity index is 2.19. The maximum Gasteiger partial charge on any atom is 0.441 e. The number of hydrogen-bond donors (Lipinski definition) is 1. The molecule has 0 amide bonds. The molecule has 0 saturated carbocycles. The number of allylic oxidation sites excluding steroid dienone is 1. The van der Waals surface area contributed by atoms with Crippen LogP contribution in [0.4, 0.5) is 0 Å². The van der Waals surface area contributed by atoms with Gasteiger partial charge in [-0.2, -0.15) is 0 Å². The van der Waals surface area contributed by atoms with Gasteiger partial charge >= 0.3 is 11.6 Å². The van der Waals surface area contributed by atoms with E-state index in [-0.39, 0.29) is 30.4 Å². The number of carbonyl (C=O) groups is 1. The molecule has 1 aliphatic rings. The van der Waals surface area contributed by atoms with E-state index in [4.69, 9.17) is 10.1 Å². The molecule has 20 heavy (non-hydrogen) atoms. The molecular formula is C15H17N2O3+. The average molecular weight is 273 g/mol. The van der Waals surface area contributed by atoms with Crippen LogP contribution in [-0.2, 0) is 11.2 Å². The van der Waals surface area contributed by atoms with Crippen molar-refractivity contribution in [3.63, 3.8) is 0 Å². The van der Waals surface area contributed by atoms with Crippen molar-refractivity contribution in [2.45, 2.75) is 26.2 Å². The smallest absolute Gasteiger partial charge is 0.441 e. The molecule has 104 valence electrons. The van der Waals surface area contributed by atoms with Crippen molar-refractivity contribution in [1.29, 1.82) is 5.39 Å². The van der Waals surface area contributed by atoms with E-state index in [0.717, 1.165) is 17.5 Å². The highest BCUT2D eigenvalue weighted by Crippen LogP contribution is 2.30. The van der Waals surface area contributed by atoms with Crippen LogP contribution < -0.4 is 0 Å². The van der Waals surface area contributed by atoms with Gasteiger partial charge < -0.3 is 9.84 Å². The number of benzene rings is 1. The normalized spacial score (nSPS) is 18.8. The van der Waals surface area contributed by atoms with Crippen LogP contribution >= 0.6 is 0 Å². The van der Waals surface area contributed by atoms with Crippen molar-refractivity contribution >= 4 is 5.78 Å².